The van der Waals surface area contributed by atoms with E-state index in [1.807, 2.05) is 0 Å². The highest BCUT2D eigenvalue weighted by atomic mass is 35.5. The summed E-state index contributed by atoms with van der Waals surface area (Å²) in [5.41, 5.74) is 0.773. The van der Waals surface area contributed by atoms with Crippen LogP contribution in [0.5, 0.6) is 0 Å². The molecule has 4 rings (SSSR count). The van der Waals surface area contributed by atoms with Gasteiger partial charge in [0.2, 0.25) is 0 Å². The number of urea groups is 1. The van der Waals surface area contributed by atoms with Crippen molar-refractivity contribution < 1.29 is 19.1 Å². The monoisotopic (exact) mass is 464 g/mol. The van der Waals surface area contributed by atoms with Crippen molar-refractivity contribution in [3.05, 3.63) is 23.2 Å². The fourth-order valence-electron chi connectivity index (χ4n) is 4.13. The van der Waals surface area contributed by atoms with Crippen LogP contribution in [0.1, 0.15) is 32.1 Å². The molecule has 0 aromatic heterocycles. The molecule has 166 valence electrons. The van der Waals surface area contributed by atoms with Crippen LogP contribution in [-0.4, -0.2) is 65.9 Å². The van der Waals surface area contributed by atoms with Gasteiger partial charge < -0.3 is 15.0 Å². The molecule has 0 bridgehead atoms. The summed E-state index contributed by atoms with van der Waals surface area (Å²) in [6.45, 7) is 0.960. The molecule has 1 atom stereocenters. The number of ether oxygens (including phenoxy) is 1. The maximum Gasteiger partial charge on any atom is 0.332 e. The number of anilines is 2. The topological polar surface area (TPSA) is 91.3 Å². The average Bonchev–Trinajstić information content (AvgIpc) is 3.03. The van der Waals surface area contributed by atoms with Gasteiger partial charge in [0.15, 0.2) is 5.04 Å². The SMILES string of the molecule is CN=C(SC1CCCCC1)C(=O)Nc1ccc(N2C(=O)C3COCCN3C2=O)c(Cl)c1. The first-order chi connectivity index (χ1) is 15.0. The third kappa shape index (κ3) is 4.58. The lowest BCUT2D eigenvalue weighted by molar-refractivity contribution is -0.123. The minimum atomic E-state index is -0.614. The molecule has 10 heteroatoms. The smallest absolute Gasteiger partial charge is 0.332 e. The zero-order chi connectivity index (χ0) is 22.0. The highest BCUT2D eigenvalue weighted by Gasteiger charge is 2.47. The van der Waals surface area contributed by atoms with E-state index < -0.39 is 12.1 Å². The van der Waals surface area contributed by atoms with E-state index in [0.29, 0.717) is 34.8 Å². The summed E-state index contributed by atoms with van der Waals surface area (Å²) in [6, 6.07) is 3.73. The molecule has 1 N–H and O–H groups in total. The average molecular weight is 465 g/mol. The number of aliphatic imine (C=N–C) groups is 1. The van der Waals surface area contributed by atoms with Gasteiger partial charge >= 0.3 is 6.03 Å². The van der Waals surface area contributed by atoms with E-state index in [4.69, 9.17) is 16.3 Å². The van der Waals surface area contributed by atoms with Crippen molar-refractivity contribution in [2.45, 2.75) is 43.4 Å². The lowest BCUT2D eigenvalue weighted by atomic mass is 10.0. The van der Waals surface area contributed by atoms with Crippen molar-refractivity contribution in [3.63, 3.8) is 0 Å². The van der Waals surface area contributed by atoms with Crippen molar-refractivity contribution in [2.24, 2.45) is 4.99 Å². The van der Waals surface area contributed by atoms with Gasteiger partial charge in [-0.1, -0.05) is 42.6 Å². The minimum Gasteiger partial charge on any atom is -0.377 e. The van der Waals surface area contributed by atoms with Gasteiger partial charge in [-0.2, -0.15) is 0 Å². The number of thioether (sulfide) groups is 1. The van der Waals surface area contributed by atoms with Crippen LogP contribution in [0.2, 0.25) is 5.02 Å². The van der Waals surface area contributed by atoms with E-state index in [0.717, 1.165) is 17.7 Å². The Morgan fingerprint density at radius 2 is 2.03 bits per heavy atom. The first kappa shape index (κ1) is 22.1. The minimum absolute atomic E-state index is 0.185. The maximum absolute atomic E-state index is 12.7. The molecule has 2 aliphatic heterocycles. The van der Waals surface area contributed by atoms with Crippen molar-refractivity contribution in [3.8, 4) is 0 Å². The number of nitrogens with one attached hydrogen (secondary N) is 1. The second kappa shape index (κ2) is 9.58. The van der Waals surface area contributed by atoms with Gasteiger partial charge in [-0.25, -0.2) is 9.69 Å². The number of nitrogens with zero attached hydrogens (tertiary/aromatic N) is 3. The molecule has 31 heavy (non-hydrogen) atoms. The predicted molar refractivity (Wildman–Crippen MR) is 122 cm³/mol. The van der Waals surface area contributed by atoms with Crippen LogP contribution in [0, 0.1) is 0 Å². The molecular weight excluding hydrogens is 440 g/mol. The van der Waals surface area contributed by atoms with Crippen molar-refractivity contribution in [1.29, 1.82) is 0 Å². The summed E-state index contributed by atoms with van der Waals surface area (Å²) in [5.74, 6) is -0.642. The third-order valence-corrected chi connectivity index (χ3v) is 7.44. The molecule has 1 aliphatic carbocycles. The first-order valence-electron chi connectivity index (χ1n) is 10.5. The number of benzene rings is 1. The summed E-state index contributed by atoms with van der Waals surface area (Å²) >= 11 is 7.93. The number of hydrogen-bond acceptors (Lipinski definition) is 6. The number of morpholine rings is 1. The Bertz CT molecular complexity index is 895. The molecule has 8 nitrogen and oxygen atoms in total. The summed E-state index contributed by atoms with van der Waals surface area (Å²) in [7, 11) is 1.61. The number of fused-ring (bicyclic) bond motifs is 1. The zero-order valence-corrected chi connectivity index (χ0v) is 18.9. The van der Waals surface area contributed by atoms with E-state index in [2.05, 4.69) is 10.3 Å². The largest absolute Gasteiger partial charge is 0.377 e. The van der Waals surface area contributed by atoms with Crippen LogP contribution in [0.4, 0.5) is 16.2 Å². The molecule has 0 spiro atoms. The number of carbonyl (C=O) groups excluding carboxylic acids is 3. The van der Waals surface area contributed by atoms with Gasteiger partial charge in [0.25, 0.3) is 11.8 Å². The Labute approximate surface area is 190 Å². The summed E-state index contributed by atoms with van der Waals surface area (Å²) in [4.78, 5) is 44.9. The predicted octanol–water partition coefficient (Wildman–Crippen LogP) is 3.54. The third-order valence-electron chi connectivity index (χ3n) is 5.75. The molecule has 1 aromatic carbocycles. The van der Waals surface area contributed by atoms with Crippen LogP contribution in [0.25, 0.3) is 0 Å². The maximum atomic E-state index is 12.7. The normalized spacial score (nSPS) is 22.6. The number of halogens is 1. The van der Waals surface area contributed by atoms with Gasteiger partial charge in [0, 0.05) is 24.5 Å². The summed E-state index contributed by atoms with van der Waals surface area (Å²) in [5, 5.41) is 3.88. The van der Waals surface area contributed by atoms with Gasteiger partial charge in [0.1, 0.15) is 6.04 Å². The van der Waals surface area contributed by atoms with Crippen molar-refractivity contribution in [2.75, 3.05) is 37.0 Å². The number of amides is 4. The second-order valence-electron chi connectivity index (χ2n) is 7.77. The van der Waals surface area contributed by atoms with E-state index >= 15 is 0 Å². The number of imide groups is 1. The Balaban J connectivity index is 1.45. The zero-order valence-electron chi connectivity index (χ0n) is 17.3. The Morgan fingerprint density at radius 1 is 1.26 bits per heavy atom. The number of hydrogen-bond donors (Lipinski definition) is 1. The molecule has 2 saturated heterocycles. The molecule has 3 aliphatic rings. The van der Waals surface area contributed by atoms with Gasteiger partial charge in [0.05, 0.1) is 23.9 Å². The fraction of sp³-hybridized carbons (Fsp3) is 0.524. The molecule has 1 aromatic rings. The van der Waals surface area contributed by atoms with E-state index in [9.17, 15) is 14.4 Å². The number of rotatable bonds is 3. The highest BCUT2D eigenvalue weighted by molar-refractivity contribution is 8.16. The van der Waals surface area contributed by atoms with Gasteiger partial charge in [-0.3, -0.25) is 14.6 Å². The lowest BCUT2D eigenvalue weighted by Crippen LogP contribution is -2.45. The quantitative estimate of drug-likeness (QED) is 0.419. The number of carbonyl (C=O) groups is 3. The van der Waals surface area contributed by atoms with Crippen LogP contribution in [0.15, 0.2) is 23.2 Å². The van der Waals surface area contributed by atoms with Crippen LogP contribution in [0.3, 0.4) is 0 Å². The molecule has 3 fully saturated rings. The molecule has 1 unspecified atom stereocenters. The fourth-order valence-corrected chi connectivity index (χ4v) is 5.54. The van der Waals surface area contributed by atoms with Gasteiger partial charge in [-0.05, 0) is 31.0 Å². The van der Waals surface area contributed by atoms with E-state index in [-0.39, 0.29) is 23.4 Å². The van der Waals surface area contributed by atoms with Crippen molar-refractivity contribution in [1.82, 2.24) is 4.90 Å². The second-order valence-corrected chi connectivity index (χ2v) is 9.46. The molecule has 0 radical (unpaired) electrons. The first-order valence-corrected chi connectivity index (χ1v) is 11.7. The van der Waals surface area contributed by atoms with E-state index in [1.54, 1.807) is 25.2 Å². The van der Waals surface area contributed by atoms with Gasteiger partial charge in [-0.15, -0.1) is 0 Å². The van der Waals surface area contributed by atoms with Crippen LogP contribution in [-0.2, 0) is 14.3 Å². The Morgan fingerprint density at radius 3 is 2.71 bits per heavy atom. The van der Waals surface area contributed by atoms with Crippen LogP contribution >= 0.6 is 23.4 Å². The van der Waals surface area contributed by atoms with Crippen molar-refractivity contribution >= 4 is 57.6 Å². The Hall–Kier alpha value is -2.10. The summed E-state index contributed by atoms with van der Waals surface area (Å²) in [6.07, 6.45) is 5.81. The summed E-state index contributed by atoms with van der Waals surface area (Å²) < 4.78 is 5.33. The highest BCUT2D eigenvalue weighted by Crippen LogP contribution is 2.34. The van der Waals surface area contributed by atoms with E-state index in [1.165, 1.54) is 35.9 Å². The molecule has 4 amide bonds. The standard InChI is InChI=1S/C21H25ClN4O4S/c1-23-19(31-14-5-3-2-4-6-14)18(27)24-13-7-8-16(15(22)11-13)26-20(28)17-12-30-10-9-25(17)21(26)29/h7-8,11,14,17H,2-6,9-10,12H2,1H3,(H,24,27). The lowest BCUT2D eigenvalue weighted by Gasteiger charge is -2.26. The molecular formula is C21H25ClN4O4S. The van der Waals surface area contributed by atoms with Crippen LogP contribution < -0.4 is 10.2 Å². The molecule has 2 heterocycles. The molecule has 1 saturated carbocycles. The Kier molecular flexibility index (Phi) is 6.83.